The first-order valence-electron chi connectivity index (χ1n) is 8.36. The molecule has 29 heavy (non-hydrogen) atoms. The average molecular weight is 446 g/mol. The van der Waals surface area contributed by atoms with Gasteiger partial charge >= 0.3 is 0 Å². The number of rotatable bonds is 0. The van der Waals surface area contributed by atoms with Gasteiger partial charge in [0.1, 0.15) is 0 Å². The van der Waals surface area contributed by atoms with E-state index in [9.17, 15) is 0 Å². The van der Waals surface area contributed by atoms with E-state index in [1.54, 1.807) is 0 Å². The van der Waals surface area contributed by atoms with Crippen molar-refractivity contribution >= 4 is 57.7 Å². The standard InChI is InChI=1S/C20H14N4.Mn.H2O3S/c1-2-14-10-16-5-6-18(23-16)12-20-8-7-19(24-20)11-17-4-3-15(22-17)9-13(1)21-14;;1-4(2)3/h1-12,21-22H;;(H2,1,2,3)/p-1. The van der Waals surface area contributed by atoms with Gasteiger partial charge < -0.3 is 19.1 Å². The molecule has 3 N–H and O–H groups in total. The molecule has 5 heterocycles. The molecule has 3 aromatic heterocycles. The molecule has 2 aliphatic heterocycles. The summed E-state index contributed by atoms with van der Waals surface area (Å²) >= 11 is -2.86. The first-order chi connectivity index (χ1) is 13.5. The topological polar surface area (TPSA) is 118 Å². The van der Waals surface area contributed by atoms with Gasteiger partial charge in [0.05, 0.1) is 34.1 Å². The molecule has 3 aromatic rings. The van der Waals surface area contributed by atoms with Gasteiger partial charge in [-0.05, 0) is 72.8 Å². The predicted octanol–water partition coefficient (Wildman–Crippen LogP) is 3.99. The molecule has 1 radical (unpaired) electrons. The zero-order valence-electron chi connectivity index (χ0n) is 14.9. The smallest absolute Gasteiger partial charge is 0.0814 e. The summed E-state index contributed by atoms with van der Waals surface area (Å²) in [6.07, 6.45) is 8.05. The third-order valence-electron chi connectivity index (χ3n) is 4.04. The van der Waals surface area contributed by atoms with E-state index >= 15 is 0 Å². The van der Waals surface area contributed by atoms with Crippen molar-refractivity contribution in [2.24, 2.45) is 0 Å². The van der Waals surface area contributed by atoms with Gasteiger partial charge in [-0.2, -0.15) is 0 Å². The van der Waals surface area contributed by atoms with Gasteiger partial charge in [0.2, 0.25) is 0 Å². The van der Waals surface area contributed by atoms with Crippen LogP contribution < -0.4 is 0 Å². The minimum Gasteiger partial charge on any atom is -0.750 e. The van der Waals surface area contributed by atoms with E-state index in [0.717, 1.165) is 44.8 Å². The van der Waals surface area contributed by atoms with Gasteiger partial charge in [-0.1, -0.05) is 0 Å². The third-order valence-corrected chi connectivity index (χ3v) is 4.04. The maximum absolute atomic E-state index is 8.56. The summed E-state index contributed by atoms with van der Waals surface area (Å²) in [5, 5.41) is 0. The Morgan fingerprint density at radius 3 is 1.38 bits per heavy atom. The first-order valence-corrected chi connectivity index (χ1v) is 9.39. The van der Waals surface area contributed by atoms with Crippen LogP contribution in [0.5, 0.6) is 0 Å². The van der Waals surface area contributed by atoms with Crippen molar-refractivity contribution in [1.29, 1.82) is 0 Å². The van der Waals surface area contributed by atoms with Gasteiger partial charge in [-0.25, -0.2) is 14.2 Å². The van der Waals surface area contributed by atoms with Crippen molar-refractivity contribution in [2.75, 3.05) is 0 Å². The molecule has 0 fully saturated rings. The van der Waals surface area contributed by atoms with E-state index < -0.39 is 11.4 Å². The maximum atomic E-state index is 8.56. The Bertz CT molecular complexity index is 1180. The van der Waals surface area contributed by atoms with Gasteiger partial charge in [0.15, 0.2) is 0 Å². The zero-order valence-corrected chi connectivity index (χ0v) is 16.9. The number of H-pyrrole nitrogens is 2. The van der Waals surface area contributed by atoms with E-state index in [0.29, 0.717) is 0 Å². The number of hydrogen-bond acceptors (Lipinski definition) is 4. The fourth-order valence-corrected chi connectivity index (χ4v) is 2.94. The molecular weight excluding hydrogens is 431 g/mol. The van der Waals surface area contributed by atoms with E-state index in [2.05, 4.69) is 50.3 Å². The zero-order chi connectivity index (χ0) is 19.5. The number of nitrogens with zero attached hydrogens (tertiary/aromatic N) is 2. The Hall–Kier alpha value is -2.81. The van der Waals surface area contributed by atoms with Crippen LogP contribution in [0.15, 0.2) is 48.5 Å². The normalized spacial score (nSPS) is 12.6. The summed E-state index contributed by atoms with van der Waals surface area (Å²) in [5.41, 5.74) is 7.86. The Labute approximate surface area is 179 Å². The Morgan fingerprint density at radius 2 is 1.00 bits per heavy atom. The summed E-state index contributed by atoms with van der Waals surface area (Å²) in [6.45, 7) is 0. The van der Waals surface area contributed by atoms with Gasteiger partial charge in [0.25, 0.3) is 0 Å². The molecule has 5 rings (SSSR count). The van der Waals surface area contributed by atoms with Crippen molar-refractivity contribution < 1.29 is 30.4 Å². The van der Waals surface area contributed by atoms with Crippen LogP contribution in [0, 0.1) is 0 Å². The molecule has 8 bridgehead atoms. The quantitative estimate of drug-likeness (QED) is 0.246. The summed E-state index contributed by atoms with van der Waals surface area (Å²) in [4.78, 5) is 16.0. The first kappa shape index (κ1) is 20.9. The average Bonchev–Trinajstić information content (AvgIpc) is 3.39. The van der Waals surface area contributed by atoms with Crippen LogP contribution in [-0.4, -0.2) is 33.3 Å². The van der Waals surface area contributed by atoms with Crippen LogP contribution in [-0.2, 0) is 28.4 Å². The molecule has 1 unspecified atom stereocenters. The van der Waals surface area contributed by atoms with Gasteiger partial charge in [0, 0.05) is 39.1 Å². The van der Waals surface area contributed by atoms with Crippen LogP contribution in [0.25, 0.3) is 46.4 Å². The molecule has 147 valence electrons. The summed E-state index contributed by atoms with van der Waals surface area (Å²) in [7, 11) is 0. The monoisotopic (exact) mass is 446 g/mol. The van der Waals surface area contributed by atoms with Crippen molar-refractivity contribution in [3.8, 4) is 0 Å². The molecule has 0 saturated carbocycles. The predicted molar refractivity (Wildman–Crippen MR) is 110 cm³/mol. The van der Waals surface area contributed by atoms with Crippen LogP contribution in [0.1, 0.15) is 22.8 Å². The molecule has 0 aliphatic carbocycles. The van der Waals surface area contributed by atoms with Crippen molar-refractivity contribution in [3.63, 3.8) is 0 Å². The number of fused-ring (bicyclic) bond motifs is 8. The Balaban J connectivity index is 0.000000443. The number of aromatic nitrogens is 4. The van der Waals surface area contributed by atoms with Gasteiger partial charge in [-0.15, -0.1) is 0 Å². The van der Waals surface area contributed by atoms with Crippen molar-refractivity contribution in [2.45, 2.75) is 0 Å². The molecular formula is C20H15MnN4O3S-. The molecule has 7 nitrogen and oxygen atoms in total. The molecule has 0 spiro atoms. The van der Waals surface area contributed by atoms with Crippen molar-refractivity contribution in [3.05, 3.63) is 71.3 Å². The fourth-order valence-electron chi connectivity index (χ4n) is 2.94. The number of nitrogens with one attached hydrogen (secondary N) is 2. The van der Waals surface area contributed by atoms with E-state index in [4.69, 9.17) is 13.3 Å². The maximum Gasteiger partial charge on any atom is 0.0814 e. The van der Waals surface area contributed by atoms with E-state index in [1.807, 2.05) is 42.5 Å². The minimum absolute atomic E-state index is 0. The minimum atomic E-state index is -2.86. The summed E-state index contributed by atoms with van der Waals surface area (Å²) < 4.78 is 24.1. The SMILES string of the molecule is C1=Cc2cc3ccc(cc4ccc(cc5nc(cc1n2)C=C5)[nH]4)[nH]3.O=S([O-])O.[Mn]. The van der Waals surface area contributed by atoms with Gasteiger partial charge in [-0.3, -0.25) is 0 Å². The van der Waals surface area contributed by atoms with Crippen LogP contribution in [0.4, 0.5) is 0 Å². The molecule has 2 aliphatic rings. The molecule has 0 amide bonds. The molecule has 0 aromatic carbocycles. The van der Waals surface area contributed by atoms with Crippen molar-refractivity contribution in [1.82, 2.24) is 19.9 Å². The second-order valence-electron chi connectivity index (χ2n) is 6.12. The molecule has 0 saturated heterocycles. The summed E-state index contributed by atoms with van der Waals surface area (Å²) in [5.74, 6) is 0. The molecule has 9 heteroatoms. The Morgan fingerprint density at radius 1 is 0.690 bits per heavy atom. The third kappa shape index (κ3) is 5.60. The van der Waals surface area contributed by atoms with Crippen LogP contribution in [0.3, 0.4) is 0 Å². The number of aromatic amines is 2. The van der Waals surface area contributed by atoms with E-state index in [-0.39, 0.29) is 17.1 Å². The fraction of sp³-hybridized carbons (Fsp3) is 0. The van der Waals surface area contributed by atoms with Crippen LogP contribution in [0.2, 0.25) is 0 Å². The van der Waals surface area contributed by atoms with E-state index in [1.165, 1.54) is 0 Å². The summed E-state index contributed by atoms with van der Waals surface area (Å²) in [6, 6.07) is 16.4. The second-order valence-corrected chi connectivity index (χ2v) is 6.56. The Kier molecular flexibility index (Phi) is 6.58. The molecule has 1 atom stereocenters. The largest absolute Gasteiger partial charge is 0.750 e. The second kappa shape index (κ2) is 9.13. The number of hydrogen-bond donors (Lipinski definition) is 3. The van der Waals surface area contributed by atoms with Crippen LogP contribution >= 0.6 is 0 Å².